The predicted molar refractivity (Wildman–Crippen MR) is 123 cm³/mol. The van der Waals surface area contributed by atoms with E-state index < -0.39 is 47.4 Å². The van der Waals surface area contributed by atoms with E-state index in [0.717, 1.165) is 18.8 Å². The van der Waals surface area contributed by atoms with Crippen LogP contribution in [0.3, 0.4) is 0 Å². The fourth-order valence-electron chi connectivity index (χ4n) is 5.93. The molecule has 0 spiro atoms. The van der Waals surface area contributed by atoms with E-state index in [2.05, 4.69) is 21.6 Å². The lowest BCUT2D eigenvalue weighted by atomic mass is 9.85. The molecule has 1 aliphatic carbocycles. The fourth-order valence-corrected chi connectivity index (χ4v) is 5.93. The number of aromatic nitrogens is 3. The van der Waals surface area contributed by atoms with E-state index >= 15 is 0 Å². The molecule has 202 valence electrons. The molecule has 6 atom stereocenters. The summed E-state index contributed by atoms with van der Waals surface area (Å²) in [4.78, 5) is 40.1. The summed E-state index contributed by atoms with van der Waals surface area (Å²) in [5.74, 6) is -2.99. The Balaban J connectivity index is 1.52. The molecule has 13 heteroatoms. The van der Waals surface area contributed by atoms with E-state index in [1.54, 1.807) is 27.1 Å². The Morgan fingerprint density at radius 2 is 1.92 bits per heavy atom. The first-order valence-corrected chi connectivity index (χ1v) is 12.3. The summed E-state index contributed by atoms with van der Waals surface area (Å²) in [7, 11) is 0. The third-order valence-corrected chi connectivity index (χ3v) is 8.13. The smallest absolute Gasteiger partial charge is 0.339 e. The van der Waals surface area contributed by atoms with Gasteiger partial charge in [0.15, 0.2) is 0 Å². The summed E-state index contributed by atoms with van der Waals surface area (Å²) in [6, 6.07) is -1.18. The van der Waals surface area contributed by atoms with Crippen LogP contribution < -0.4 is 10.6 Å². The van der Waals surface area contributed by atoms with E-state index in [4.69, 9.17) is 0 Å². The molecule has 2 fully saturated rings. The van der Waals surface area contributed by atoms with E-state index in [1.165, 1.54) is 4.90 Å². The van der Waals surface area contributed by atoms with Crippen LogP contribution in [0, 0.1) is 34.0 Å². The Hall–Kier alpha value is -3.17. The molecule has 3 amide bonds. The van der Waals surface area contributed by atoms with Gasteiger partial charge in [-0.15, -0.1) is 10.2 Å². The second-order valence-corrected chi connectivity index (χ2v) is 12.0. The topological polar surface area (TPSA) is 133 Å². The number of carbonyl (C=O) groups excluding carboxylic acids is 3. The summed E-state index contributed by atoms with van der Waals surface area (Å²) in [5, 5.41) is 22.3. The minimum absolute atomic E-state index is 0.0138. The summed E-state index contributed by atoms with van der Waals surface area (Å²) in [5.41, 5.74) is -1.29. The molecule has 37 heavy (non-hydrogen) atoms. The Kier molecular flexibility index (Phi) is 6.53. The monoisotopic (exact) mass is 523 g/mol. The van der Waals surface area contributed by atoms with Crippen LogP contribution in [0.25, 0.3) is 0 Å². The highest BCUT2D eigenvalue weighted by Gasteiger charge is 2.70. The van der Waals surface area contributed by atoms with Crippen molar-refractivity contribution in [2.24, 2.45) is 22.7 Å². The number of halogens is 3. The number of amides is 3. The van der Waals surface area contributed by atoms with Crippen molar-refractivity contribution in [2.45, 2.75) is 84.2 Å². The van der Waals surface area contributed by atoms with Crippen molar-refractivity contribution < 1.29 is 27.6 Å². The molecule has 2 N–H and O–H groups in total. The molecule has 3 aliphatic rings. The van der Waals surface area contributed by atoms with Crippen molar-refractivity contribution in [3.05, 3.63) is 12.2 Å². The number of aryl methyl sites for hydroxylation is 1. The van der Waals surface area contributed by atoms with Gasteiger partial charge in [0, 0.05) is 19.0 Å². The molecule has 2 aliphatic heterocycles. The van der Waals surface area contributed by atoms with Gasteiger partial charge in [0.2, 0.25) is 11.8 Å². The molecule has 0 aromatic carbocycles. The lowest BCUT2D eigenvalue weighted by Gasteiger charge is -2.37. The lowest BCUT2D eigenvalue weighted by molar-refractivity contribution is -0.176. The van der Waals surface area contributed by atoms with Crippen LogP contribution in [-0.4, -0.2) is 68.2 Å². The number of alkyl halides is 3. The minimum Gasteiger partial charge on any atom is -0.339 e. The van der Waals surface area contributed by atoms with Crippen LogP contribution in [0.4, 0.5) is 13.2 Å². The Labute approximate surface area is 213 Å². The maximum absolute atomic E-state index is 13.6. The molecule has 1 aromatic rings. The van der Waals surface area contributed by atoms with E-state index in [1.807, 2.05) is 23.7 Å². The van der Waals surface area contributed by atoms with Crippen LogP contribution in [0.2, 0.25) is 0 Å². The number of nitrogens with one attached hydrogen (secondary N) is 2. The normalized spacial score (nSPS) is 27.5. The van der Waals surface area contributed by atoms with Crippen molar-refractivity contribution in [3.8, 4) is 6.07 Å². The van der Waals surface area contributed by atoms with Crippen LogP contribution in [-0.2, 0) is 20.9 Å². The van der Waals surface area contributed by atoms with Crippen LogP contribution in [0.15, 0.2) is 6.33 Å². The van der Waals surface area contributed by atoms with Gasteiger partial charge in [0.1, 0.15) is 30.3 Å². The number of nitrogens with zero attached hydrogens (tertiary/aromatic N) is 5. The first-order chi connectivity index (χ1) is 17.1. The number of carbonyl (C=O) groups is 3. The van der Waals surface area contributed by atoms with Gasteiger partial charge >= 0.3 is 12.1 Å². The fraction of sp³-hybridized carbons (Fsp3) is 0.750. The molecule has 4 rings (SSSR count). The average Bonchev–Trinajstić information content (AvgIpc) is 3.29. The third kappa shape index (κ3) is 4.90. The standard InChI is InChI=1S/C24H32F3N7O3/c1-22(2,3)17(31-21(37)24(25,26)27)20(36)34-10-14-15(23(14,4)5)16(34)19(35)30-13(9-28)8-12-6-7-33-11-29-32-18(12)33/h11-17H,6-8,10H2,1-5H3,(H,30,35)(H,31,37)/t12?,13-,14-,15-,16-,17?/m0/s1. The number of hydrogen-bond acceptors (Lipinski definition) is 6. The SMILES string of the molecule is CC(C)(C)C(NC(=O)C(F)(F)F)C(=O)N1C[C@H]2[C@@H]([C@H]1C(=O)N[C@H](C#N)CC1CCn3cnnc31)C2(C)C. The first-order valence-electron chi connectivity index (χ1n) is 12.3. The zero-order chi connectivity index (χ0) is 27.5. The summed E-state index contributed by atoms with van der Waals surface area (Å²) in [6.45, 7) is 9.51. The highest BCUT2D eigenvalue weighted by molar-refractivity contribution is 5.95. The zero-order valence-corrected chi connectivity index (χ0v) is 21.5. The predicted octanol–water partition coefficient (Wildman–Crippen LogP) is 1.74. The van der Waals surface area contributed by atoms with E-state index in [-0.39, 0.29) is 29.7 Å². The highest BCUT2D eigenvalue weighted by Crippen LogP contribution is 2.65. The molecule has 10 nitrogen and oxygen atoms in total. The molecular weight excluding hydrogens is 491 g/mol. The number of piperidine rings is 1. The highest BCUT2D eigenvalue weighted by atomic mass is 19.4. The summed E-state index contributed by atoms with van der Waals surface area (Å²) >= 11 is 0. The quantitative estimate of drug-likeness (QED) is 0.584. The minimum atomic E-state index is -5.15. The Morgan fingerprint density at radius 1 is 1.24 bits per heavy atom. The molecule has 2 unspecified atom stereocenters. The van der Waals surface area contributed by atoms with Gasteiger partial charge in [-0.25, -0.2) is 0 Å². The largest absolute Gasteiger partial charge is 0.471 e. The second-order valence-electron chi connectivity index (χ2n) is 12.0. The van der Waals surface area contributed by atoms with Crippen molar-refractivity contribution in [1.29, 1.82) is 5.26 Å². The number of rotatable bonds is 6. The van der Waals surface area contributed by atoms with Gasteiger partial charge in [0.05, 0.1) is 6.07 Å². The van der Waals surface area contributed by atoms with Gasteiger partial charge in [-0.3, -0.25) is 14.4 Å². The second kappa shape index (κ2) is 8.99. The van der Waals surface area contributed by atoms with Crippen molar-refractivity contribution in [3.63, 3.8) is 0 Å². The molecule has 0 bridgehead atoms. The maximum atomic E-state index is 13.6. The van der Waals surface area contributed by atoms with Crippen LogP contribution in [0.5, 0.6) is 0 Å². The summed E-state index contributed by atoms with van der Waals surface area (Å²) < 4.78 is 40.9. The number of nitriles is 1. The van der Waals surface area contributed by atoms with Gasteiger partial charge in [-0.2, -0.15) is 18.4 Å². The molecule has 0 radical (unpaired) electrons. The van der Waals surface area contributed by atoms with Gasteiger partial charge < -0.3 is 20.1 Å². The molecule has 3 heterocycles. The van der Waals surface area contributed by atoms with E-state index in [9.17, 15) is 32.8 Å². The molecule has 1 aromatic heterocycles. The molecular formula is C24H32F3N7O3. The molecule has 1 saturated heterocycles. The van der Waals surface area contributed by atoms with Gasteiger partial charge in [-0.1, -0.05) is 34.6 Å². The summed E-state index contributed by atoms with van der Waals surface area (Å²) in [6.07, 6.45) is -2.45. The van der Waals surface area contributed by atoms with Crippen molar-refractivity contribution >= 4 is 17.7 Å². The average molecular weight is 524 g/mol. The van der Waals surface area contributed by atoms with Gasteiger partial charge in [-0.05, 0) is 35.5 Å². The Bertz CT molecular complexity index is 1130. The molecule has 1 saturated carbocycles. The third-order valence-electron chi connectivity index (χ3n) is 8.13. The number of likely N-dealkylation sites (tertiary alicyclic amines) is 1. The zero-order valence-electron chi connectivity index (χ0n) is 21.5. The van der Waals surface area contributed by atoms with Crippen LogP contribution >= 0.6 is 0 Å². The number of fused-ring (bicyclic) bond motifs is 2. The lowest BCUT2D eigenvalue weighted by Crippen LogP contribution is -2.61. The first kappa shape index (κ1) is 26.9. The van der Waals surface area contributed by atoms with E-state index in [0.29, 0.717) is 6.42 Å². The Morgan fingerprint density at radius 3 is 2.51 bits per heavy atom. The van der Waals surface area contributed by atoms with Crippen molar-refractivity contribution in [2.75, 3.05) is 6.54 Å². The number of hydrogen-bond donors (Lipinski definition) is 2. The van der Waals surface area contributed by atoms with Crippen LogP contribution in [0.1, 0.15) is 59.2 Å². The maximum Gasteiger partial charge on any atom is 0.471 e. The van der Waals surface area contributed by atoms with Gasteiger partial charge in [0.25, 0.3) is 0 Å². The van der Waals surface area contributed by atoms with Crippen molar-refractivity contribution in [1.82, 2.24) is 30.3 Å².